The summed E-state index contributed by atoms with van der Waals surface area (Å²) in [4.78, 5) is 16.2. The van der Waals surface area contributed by atoms with E-state index in [4.69, 9.17) is 0 Å². The molecule has 1 N–H and O–H groups in total. The third-order valence-corrected chi connectivity index (χ3v) is 6.61. The second-order valence-corrected chi connectivity index (χ2v) is 8.85. The van der Waals surface area contributed by atoms with Gasteiger partial charge in [-0.05, 0) is 24.3 Å². The van der Waals surface area contributed by atoms with Crippen molar-refractivity contribution in [2.45, 2.75) is 43.7 Å². The molecule has 1 aromatic heterocycles. The van der Waals surface area contributed by atoms with Crippen molar-refractivity contribution in [1.82, 2.24) is 19.2 Å². The minimum absolute atomic E-state index is 0.00912. The number of hydrogen-bond acceptors (Lipinski definition) is 4. The molecule has 7 nitrogen and oxygen atoms in total. The summed E-state index contributed by atoms with van der Waals surface area (Å²) < 4.78 is 28.2. The standard InChI is InChI=1S/C19H26N4O3S/c1-16(17-8-4-2-5-9-17)12-20-18(24)13-22-14-19(21-15-22)27(25,26)23-10-6-3-7-11-23/h2,4-5,8-9,14-16H,3,6-7,10-13H2,1H3,(H,20,24)/t16-/m1/s1. The van der Waals surface area contributed by atoms with Gasteiger partial charge in [0, 0.05) is 25.8 Å². The van der Waals surface area contributed by atoms with E-state index < -0.39 is 10.0 Å². The molecule has 0 bridgehead atoms. The number of carbonyl (C=O) groups excluding carboxylic acids is 1. The fourth-order valence-corrected chi connectivity index (χ4v) is 4.64. The summed E-state index contributed by atoms with van der Waals surface area (Å²) in [6.07, 6.45) is 5.65. The summed E-state index contributed by atoms with van der Waals surface area (Å²) in [5.41, 5.74) is 1.16. The molecule has 1 aromatic carbocycles. The maximum absolute atomic E-state index is 12.6. The van der Waals surface area contributed by atoms with Gasteiger partial charge in [0.2, 0.25) is 5.91 Å². The first-order chi connectivity index (χ1) is 13.0. The summed E-state index contributed by atoms with van der Waals surface area (Å²) >= 11 is 0. The SMILES string of the molecule is C[C@H](CNC(=O)Cn1cnc(S(=O)(=O)N2CCCCC2)c1)c1ccccc1. The highest BCUT2D eigenvalue weighted by Gasteiger charge is 2.28. The van der Waals surface area contributed by atoms with Crippen molar-refractivity contribution in [3.63, 3.8) is 0 Å². The first-order valence-corrected chi connectivity index (χ1v) is 10.7. The summed E-state index contributed by atoms with van der Waals surface area (Å²) in [5.74, 6) is 0.0325. The maximum Gasteiger partial charge on any atom is 0.262 e. The Kier molecular flexibility index (Phi) is 6.28. The summed E-state index contributed by atoms with van der Waals surface area (Å²) in [6, 6.07) is 9.98. The summed E-state index contributed by atoms with van der Waals surface area (Å²) in [5, 5.41) is 2.90. The number of carbonyl (C=O) groups is 1. The molecule has 0 spiro atoms. The van der Waals surface area contributed by atoms with Gasteiger partial charge < -0.3 is 9.88 Å². The molecule has 1 saturated heterocycles. The Morgan fingerprint density at radius 3 is 2.59 bits per heavy atom. The molecule has 8 heteroatoms. The van der Waals surface area contributed by atoms with Crippen molar-refractivity contribution in [3.05, 3.63) is 48.4 Å². The van der Waals surface area contributed by atoms with Crippen molar-refractivity contribution in [3.8, 4) is 0 Å². The molecule has 1 aliphatic heterocycles. The lowest BCUT2D eigenvalue weighted by Crippen LogP contribution is -2.35. The molecular weight excluding hydrogens is 364 g/mol. The first kappa shape index (κ1) is 19.6. The molecule has 3 rings (SSSR count). The molecule has 1 amide bonds. The van der Waals surface area contributed by atoms with Crippen molar-refractivity contribution >= 4 is 15.9 Å². The van der Waals surface area contributed by atoms with Crippen LogP contribution < -0.4 is 5.32 Å². The minimum atomic E-state index is -3.57. The van der Waals surface area contributed by atoms with Crippen molar-refractivity contribution in [2.24, 2.45) is 0 Å². The fourth-order valence-electron chi connectivity index (χ4n) is 3.18. The summed E-state index contributed by atoms with van der Waals surface area (Å²) in [6.45, 7) is 3.69. The third kappa shape index (κ3) is 4.95. The second-order valence-electron chi connectivity index (χ2n) is 6.96. The number of amides is 1. The van der Waals surface area contributed by atoms with Crippen LogP contribution in [0.1, 0.15) is 37.7 Å². The van der Waals surface area contributed by atoms with E-state index in [0.29, 0.717) is 19.6 Å². The molecule has 146 valence electrons. The Morgan fingerprint density at radius 1 is 1.19 bits per heavy atom. The Balaban J connectivity index is 1.55. The molecule has 27 heavy (non-hydrogen) atoms. The molecule has 1 fully saturated rings. The molecule has 2 aromatic rings. The average molecular weight is 391 g/mol. The first-order valence-electron chi connectivity index (χ1n) is 9.30. The van der Waals surface area contributed by atoms with Crippen molar-refractivity contribution in [2.75, 3.05) is 19.6 Å². The van der Waals surface area contributed by atoms with E-state index in [-0.39, 0.29) is 23.4 Å². The Labute approximate surface area is 160 Å². The molecule has 0 unspecified atom stereocenters. The highest BCUT2D eigenvalue weighted by molar-refractivity contribution is 7.89. The molecule has 0 radical (unpaired) electrons. The van der Waals surface area contributed by atoms with Crippen LogP contribution in [0.25, 0.3) is 0 Å². The quantitative estimate of drug-likeness (QED) is 0.783. The van der Waals surface area contributed by atoms with Crippen LogP contribution in [0.4, 0.5) is 0 Å². The van der Waals surface area contributed by atoms with Gasteiger partial charge in [-0.2, -0.15) is 4.31 Å². The van der Waals surface area contributed by atoms with Crippen LogP contribution in [0.2, 0.25) is 0 Å². The largest absolute Gasteiger partial charge is 0.354 e. The highest BCUT2D eigenvalue weighted by Crippen LogP contribution is 2.19. The van der Waals surface area contributed by atoms with E-state index in [0.717, 1.165) is 24.8 Å². The van der Waals surface area contributed by atoms with Gasteiger partial charge in [-0.15, -0.1) is 0 Å². The van der Waals surface area contributed by atoms with E-state index >= 15 is 0 Å². The van der Waals surface area contributed by atoms with E-state index in [2.05, 4.69) is 17.2 Å². The summed E-state index contributed by atoms with van der Waals surface area (Å²) in [7, 11) is -3.57. The maximum atomic E-state index is 12.6. The van der Waals surface area contributed by atoms with Crippen LogP contribution in [-0.2, 0) is 21.4 Å². The molecular formula is C19H26N4O3S. The van der Waals surface area contributed by atoms with Gasteiger partial charge >= 0.3 is 0 Å². The topological polar surface area (TPSA) is 84.3 Å². The Bertz CT molecular complexity index is 858. The smallest absolute Gasteiger partial charge is 0.262 e. The average Bonchev–Trinajstić information content (AvgIpc) is 3.17. The number of rotatable bonds is 7. The number of piperidine rings is 1. The van der Waals surface area contributed by atoms with Gasteiger partial charge in [-0.1, -0.05) is 43.7 Å². The van der Waals surface area contributed by atoms with Gasteiger partial charge in [0.05, 0.1) is 6.33 Å². The van der Waals surface area contributed by atoms with Gasteiger partial charge in [0.25, 0.3) is 10.0 Å². The normalized spacial score (nSPS) is 16.8. The van der Waals surface area contributed by atoms with Crippen molar-refractivity contribution in [1.29, 1.82) is 0 Å². The van der Waals surface area contributed by atoms with Crippen LogP contribution in [0.3, 0.4) is 0 Å². The lowest BCUT2D eigenvalue weighted by atomic mass is 10.0. The molecule has 1 aliphatic rings. The molecule has 0 aliphatic carbocycles. The van der Waals surface area contributed by atoms with Crippen molar-refractivity contribution < 1.29 is 13.2 Å². The Hall–Kier alpha value is -2.19. The predicted octanol–water partition coefficient (Wildman–Crippen LogP) is 1.98. The van der Waals surface area contributed by atoms with Gasteiger partial charge in [0.15, 0.2) is 5.03 Å². The highest BCUT2D eigenvalue weighted by atomic mass is 32.2. The van der Waals surface area contributed by atoms with Crippen LogP contribution >= 0.6 is 0 Å². The Morgan fingerprint density at radius 2 is 1.89 bits per heavy atom. The number of nitrogens with one attached hydrogen (secondary N) is 1. The molecule has 1 atom stereocenters. The van der Waals surface area contributed by atoms with E-state index in [1.807, 2.05) is 30.3 Å². The number of sulfonamides is 1. The zero-order valence-electron chi connectivity index (χ0n) is 15.5. The molecule has 2 heterocycles. The lowest BCUT2D eigenvalue weighted by molar-refractivity contribution is -0.121. The van der Waals surface area contributed by atoms with E-state index in [1.54, 1.807) is 0 Å². The molecule has 0 saturated carbocycles. The van der Waals surface area contributed by atoms with Crippen LogP contribution in [0.5, 0.6) is 0 Å². The predicted molar refractivity (Wildman–Crippen MR) is 103 cm³/mol. The second kappa shape index (κ2) is 8.67. The van der Waals surface area contributed by atoms with Crippen LogP contribution in [0, 0.1) is 0 Å². The number of imidazole rings is 1. The number of nitrogens with zero attached hydrogens (tertiary/aromatic N) is 3. The van der Waals surface area contributed by atoms with E-state index in [1.165, 1.54) is 21.4 Å². The van der Waals surface area contributed by atoms with E-state index in [9.17, 15) is 13.2 Å². The van der Waals surface area contributed by atoms with Gasteiger partial charge in [-0.3, -0.25) is 4.79 Å². The van der Waals surface area contributed by atoms with Gasteiger partial charge in [0.1, 0.15) is 6.54 Å². The minimum Gasteiger partial charge on any atom is -0.354 e. The zero-order valence-corrected chi connectivity index (χ0v) is 16.4. The van der Waals surface area contributed by atoms with Gasteiger partial charge in [-0.25, -0.2) is 13.4 Å². The third-order valence-electron chi connectivity index (χ3n) is 4.83. The fraction of sp³-hybridized carbons (Fsp3) is 0.474. The van der Waals surface area contributed by atoms with Crippen LogP contribution in [-0.4, -0.2) is 47.8 Å². The monoisotopic (exact) mass is 390 g/mol. The number of aromatic nitrogens is 2. The van der Waals surface area contributed by atoms with Crippen LogP contribution in [0.15, 0.2) is 47.9 Å². The zero-order chi connectivity index (χ0) is 19.3. The number of hydrogen-bond donors (Lipinski definition) is 1. The number of benzene rings is 1. The lowest BCUT2D eigenvalue weighted by Gasteiger charge is -2.24.